The normalized spacial score (nSPS) is 10.4. The third-order valence-corrected chi connectivity index (χ3v) is 2.12. The van der Waals surface area contributed by atoms with Gasteiger partial charge in [0.1, 0.15) is 11.6 Å². The second-order valence-corrected chi connectivity index (χ2v) is 3.44. The molecule has 0 fully saturated rings. The summed E-state index contributed by atoms with van der Waals surface area (Å²) >= 11 is 0. The second-order valence-electron chi connectivity index (χ2n) is 3.44. The summed E-state index contributed by atoms with van der Waals surface area (Å²) in [7, 11) is 0. The van der Waals surface area contributed by atoms with Crippen molar-refractivity contribution >= 4 is 11.7 Å². The van der Waals surface area contributed by atoms with Crippen molar-refractivity contribution in [3.05, 3.63) is 47.4 Å². The second kappa shape index (κ2) is 3.77. The van der Waals surface area contributed by atoms with Gasteiger partial charge in [-0.2, -0.15) is 9.78 Å². The number of hydrogen-bond donors (Lipinski definition) is 1. The van der Waals surface area contributed by atoms with Crippen LogP contribution in [0.25, 0.3) is 0 Å². The van der Waals surface area contributed by atoms with Gasteiger partial charge in [-0.1, -0.05) is 6.07 Å². The van der Waals surface area contributed by atoms with E-state index in [1.54, 1.807) is 13.0 Å². The van der Waals surface area contributed by atoms with Gasteiger partial charge in [0.15, 0.2) is 0 Å². The zero-order valence-electron chi connectivity index (χ0n) is 8.64. The molecule has 0 unspecified atom stereocenters. The van der Waals surface area contributed by atoms with Crippen LogP contribution in [0.5, 0.6) is 0 Å². The monoisotopic (exact) mass is 219 g/mol. The number of anilines is 1. The summed E-state index contributed by atoms with van der Waals surface area (Å²) in [4.78, 5) is 11.9. The van der Waals surface area contributed by atoms with Gasteiger partial charge < -0.3 is 5.73 Å². The Bertz CT molecular complexity index is 548. The lowest BCUT2D eigenvalue weighted by Crippen LogP contribution is -2.16. The molecule has 4 nitrogen and oxygen atoms in total. The van der Waals surface area contributed by atoms with Crippen molar-refractivity contribution in [1.82, 2.24) is 9.78 Å². The first-order valence-corrected chi connectivity index (χ1v) is 4.70. The van der Waals surface area contributed by atoms with Gasteiger partial charge in [-0.15, -0.1) is 0 Å². The predicted octanol–water partition coefficient (Wildman–Crippen LogP) is 1.60. The van der Waals surface area contributed by atoms with Gasteiger partial charge in [0.05, 0.1) is 5.69 Å². The summed E-state index contributed by atoms with van der Waals surface area (Å²) < 4.78 is 14.0. The van der Waals surface area contributed by atoms with Crippen molar-refractivity contribution in [2.24, 2.45) is 0 Å². The van der Waals surface area contributed by atoms with Crippen LogP contribution in [0.1, 0.15) is 16.1 Å². The highest BCUT2D eigenvalue weighted by Crippen LogP contribution is 2.10. The van der Waals surface area contributed by atoms with Crippen LogP contribution in [0.4, 0.5) is 10.2 Å². The zero-order chi connectivity index (χ0) is 11.7. The van der Waals surface area contributed by atoms with Gasteiger partial charge in [-0.05, 0) is 25.1 Å². The molecule has 0 aliphatic rings. The number of rotatable bonds is 1. The molecule has 16 heavy (non-hydrogen) atoms. The third-order valence-electron chi connectivity index (χ3n) is 2.12. The SMILES string of the molecule is Cc1cc(N)n(C(=O)c2cccc(F)c2)n1. The fraction of sp³-hybridized carbons (Fsp3) is 0.0909. The number of aromatic nitrogens is 2. The number of carbonyl (C=O) groups excluding carboxylic acids is 1. The van der Waals surface area contributed by atoms with E-state index in [-0.39, 0.29) is 11.4 Å². The maximum atomic E-state index is 12.9. The van der Waals surface area contributed by atoms with Crippen LogP contribution >= 0.6 is 0 Å². The number of carbonyl (C=O) groups is 1. The average molecular weight is 219 g/mol. The molecule has 82 valence electrons. The molecule has 2 N–H and O–H groups in total. The van der Waals surface area contributed by atoms with Crippen LogP contribution in [0.2, 0.25) is 0 Å². The van der Waals surface area contributed by atoms with E-state index in [1.807, 2.05) is 0 Å². The molecule has 0 saturated heterocycles. The summed E-state index contributed by atoms with van der Waals surface area (Å²) in [6.07, 6.45) is 0. The predicted molar refractivity (Wildman–Crippen MR) is 57.5 cm³/mol. The number of hydrogen-bond acceptors (Lipinski definition) is 3. The quantitative estimate of drug-likeness (QED) is 0.792. The minimum Gasteiger partial charge on any atom is -0.383 e. The molecule has 1 aromatic carbocycles. The number of nitrogens with two attached hydrogens (primary N) is 1. The summed E-state index contributed by atoms with van der Waals surface area (Å²) in [6.45, 7) is 1.73. The number of aryl methyl sites for hydroxylation is 1. The van der Waals surface area contributed by atoms with Crippen molar-refractivity contribution in [1.29, 1.82) is 0 Å². The van der Waals surface area contributed by atoms with E-state index in [4.69, 9.17) is 5.73 Å². The van der Waals surface area contributed by atoms with Crippen LogP contribution in [-0.2, 0) is 0 Å². The maximum absolute atomic E-state index is 12.9. The number of halogens is 1. The Hall–Kier alpha value is -2.17. The molecule has 0 bridgehead atoms. The molecule has 1 aromatic heterocycles. The molecule has 2 aromatic rings. The highest BCUT2D eigenvalue weighted by atomic mass is 19.1. The van der Waals surface area contributed by atoms with Gasteiger partial charge in [0, 0.05) is 11.6 Å². The molecule has 2 rings (SSSR count). The Kier molecular flexibility index (Phi) is 2.44. The van der Waals surface area contributed by atoms with Crippen LogP contribution in [0, 0.1) is 12.7 Å². The number of nitrogens with zero attached hydrogens (tertiary/aromatic N) is 2. The van der Waals surface area contributed by atoms with E-state index >= 15 is 0 Å². The Morgan fingerprint density at radius 3 is 2.75 bits per heavy atom. The van der Waals surface area contributed by atoms with E-state index in [9.17, 15) is 9.18 Å². The molecule has 0 radical (unpaired) electrons. The van der Waals surface area contributed by atoms with E-state index in [0.717, 1.165) is 10.7 Å². The summed E-state index contributed by atoms with van der Waals surface area (Å²) in [5.74, 6) is -0.662. The molecule has 0 atom stereocenters. The first kappa shape index (κ1) is 10.4. The van der Waals surface area contributed by atoms with E-state index < -0.39 is 11.7 Å². The third kappa shape index (κ3) is 1.79. The Labute approximate surface area is 91.5 Å². The van der Waals surface area contributed by atoms with E-state index in [0.29, 0.717) is 5.69 Å². The summed E-state index contributed by atoms with van der Waals surface area (Å²) in [5, 5.41) is 3.94. The van der Waals surface area contributed by atoms with Gasteiger partial charge in [0.2, 0.25) is 0 Å². The lowest BCUT2D eigenvalue weighted by atomic mass is 10.2. The Morgan fingerprint density at radius 1 is 1.44 bits per heavy atom. The minimum absolute atomic E-state index is 0.217. The molecular weight excluding hydrogens is 209 g/mol. The van der Waals surface area contributed by atoms with Gasteiger partial charge >= 0.3 is 0 Å². The summed E-state index contributed by atoms with van der Waals surface area (Å²) in [6, 6.07) is 6.99. The van der Waals surface area contributed by atoms with Gasteiger partial charge in [-0.25, -0.2) is 4.39 Å². The first-order chi connectivity index (χ1) is 7.58. The highest BCUT2D eigenvalue weighted by molar-refractivity contribution is 5.96. The van der Waals surface area contributed by atoms with Crippen molar-refractivity contribution in [3.63, 3.8) is 0 Å². The van der Waals surface area contributed by atoms with Crippen LogP contribution in [-0.4, -0.2) is 15.7 Å². The molecule has 0 aliphatic carbocycles. The maximum Gasteiger partial charge on any atom is 0.280 e. The van der Waals surface area contributed by atoms with Gasteiger partial charge in [-0.3, -0.25) is 4.79 Å². The van der Waals surface area contributed by atoms with Gasteiger partial charge in [0.25, 0.3) is 5.91 Å². The first-order valence-electron chi connectivity index (χ1n) is 4.70. The average Bonchev–Trinajstić information content (AvgIpc) is 2.57. The van der Waals surface area contributed by atoms with Crippen molar-refractivity contribution in [2.45, 2.75) is 6.92 Å². The lowest BCUT2D eigenvalue weighted by molar-refractivity contribution is 0.0947. The van der Waals surface area contributed by atoms with Crippen LogP contribution in [0.3, 0.4) is 0 Å². The Morgan fingerprint density at radius 2 is 2.19 bits per heavy atom. The molecular formula is C11H10FN3O. The summed E-state index contributed by atoms with van der Waals surface area (Å²) in [5.41, 5.74) is 6.46. The molecule has 0 aliphatic heterocycles. The molecule has 1 heterocycles. The van der Waals surface area contributed by atoms with Crippen molar-refractivity contribution in [2.75, 3.05) is 5.73 Å². The van der Waals surface area contributed by atoms with Crippen LogP contribution < -0.4 is 5.73 Å². The number of nitrogen functional groups attached to an aromatic ring is 1. The minimum atomic E-state index is -0.465. The molecule has 0 spiro atoms. The van der Waals surface area contributed by atoms with E-state index in [1.165, 1.54) is 18.2 Å². The fourth-order valence-electron chi connectivity index (χ4n) is 1.43. The number of benzene rings is 1. The standard InChI is InChI=1S/C11H10FN3O/c1-7-5-10(13)15(14-7)11(16)8-3-2-4-9(12)6-8/h2-6H,13H2,1H3. The Balaban J connectivity index is 2.43. The van der Waals surface area contributed by atoms with Crippen LogP contribution in [0.15, 0.2) is 30.3 Å². The topological polar surface area (TPSA) is 60.9 Å². The molecule has 0 amide bonds. The molecule has 0 saturated carbocycles. The fourth-order valence-corrected chi connectivity index (χ4v) is 1.43. The van der Waals surface area contributed by atoms with E-state index in [2.05, 4.69) is 5.10 Å². The zero-order valence-corrected chi connectivity index (χ0v) is 8.64. The molecule has 5 heteroatoms. The van der Waals surface area contributed by atoms with Crippen molar-refractivity contribution in [3.8, 4) is 0 Å². The van der Waals surface area contributed by atoms with Crippen molar-refractivity contribution < 1.29 is 9.18 Å². The highest BCUT2D eigenvalue weighted by Gasteiger charge is 2.13. The largest absolute Gasteiger partial charge is 0.383 e. The smallest absolute Gasteiger partial charge is 0.280 e. The lowest BCUT2D eigenvalue weighted by Gasteiger charge is -2.02.